The lowest BCUT2D eigenvalue weighted by Gasteiger charge is -2.17. The Morgan fingerprint density at radius 3 is 2.28 bits per heavy atom. The average molecular weight is 325 g/mol. The third-order valence-electron chi connectivity index (χ3n) is 4.50. The molecule has 0 unspecified atom stereocenters. The maximum atomic E-state index is 13.1. The number of fused-ring (bicyclic) bond motifs is 1. The zero-order valence-electron chi connectivity index (χ0n) is 14.1. The van der Waals surface area contributed by atoms with E-state index in [4.69, 9.17) is 0 Å². The second-order valence-electron chi connectivity index (χ2n) is 6.37. The fourth-order valence-corrected chi connectivity index (χ4v) is 3.25. The van der Waals surface area contributed by atoms with E-state index in [-0.39, 0.29) is 5.91 Å². The maximum absolute atomic E-state index is 13.1. The van der Waals surface area contributed by atoms with Gasteiger partial charge in [0.2, 0.25) is 0 Å². The first-order chi connectivity index (χ1) is 12.2. The highest BCUT2D eigenvalue weighted by Gasteiger charge is 2.32. The van der Waals surface area contributed by atoms with E-state index in [0.29, 0.717) is 6.54 Å². The summed E-state index contributed by atoms with van der Waals surface area (Å²) in [6, 6.07) is 26.4. The average Bonchev–Trinajstić information content (AvgIpc) is 2.89. The topological polar surface area (TPSA) is 20.3 Å². The van der Waals surface area contributed by atoms with Crippen molar-refractivity contribution in [3.63, 3.8) is 0 Å². The van der Waals surface area contributed by atoms with Crippen molar-refractivity contribution in [1.82, 2.24) is 0 Å². The van der Waals surface area contributed by atoms with Crippen molar-refractivity contribution in [2.75, 3.05) is 4.90 Å². The van der Waals surface area contributed by atoms with Crippen molar-refractivity contribution >= 4 is 23.2 Å². The molecule has 0 fully saturated rings. The predicted octanol–water partition coefficient (Wildman–Crippen LogP) is 5.08. The number of hydrogen-bond acceptors (Lipinski definition) is 1. The number of carbonyl (C=O) groups is 1. The fourth-order valence-electron chi connectivity index (χ4n) is 3.25. The molecule has 0 spiro atoms. The summed E-state index contributed by atoms with van der Waals surface area (Å²) in [7, 11) is 0. The van der Waals surface area contributed by atoms with Crippen LogP contribution in [0.4, 0.5) is 5.69 Å². The third-order valence-corrected chi connectivity index (χ3v) is 4.50. The Labute approximate surface area is 148 Å². The lowest BCUT2D eigenvalue weighted by atomic mass is 10.0. The molecule has 0 aliphatic carbocycles. The smallest absolute Gasteiger partial charge is 0.259 e. The van der Waals surface area contributed by atoms with Crippen LogP contribution >= 0.6 is 0 Å². The Balaban J connectivity index is 1.79. The van der Waals surface area contributed by atoms with Crippen LogP contribution < -0.4 is 4.90 Å². The zero-order chi connectivity index (χ0) is 17.2. The van der Waals surface area contributed by atoms with Gasteiger partial charge >= 0.3 is 0 Å². The summed E-state index contributed by atoms with van der Waals surface area (Å²) in [5.74, 6) is 0.0632. The number of hydrogen-bond donors (Lipinski definition) is 0. The van der Waals surface area contributed by atoms with E-state index >= 15 is 0 Å². The third kappa shape index (κ3) is 2.99. The standard InChI is InChI=1S/C23H19NO/c1-17-12-13-22-20(14-17)21(15-18-8-4-2-5-9-18)23(25)24(22)16-19-10-6-3-7-11-19/h2-15H,16H2,1H3/b21-15+. The molecule has 2 nitrogen and oxygen atoms in total. The Morgan fingerprint density at radius 2 is 1.56 bits per heavy atom. The number of amides is 1. The summed E-state index contributed by atoms with van der Waals surface area (Å²) in [5.41, 5.74) is 6.10. The highest BCUT2D eigenvalue weighted by Crippen LogP contribution is 2.39. The molecule has 1 aliphatic rings. The molecule has 4 rings (SSSR count). The van der Waals surface area contributed by atoms with Gasteiger partial charge in [-0.3, -0.25) is 4.79 Å². The van der Waals surface area contributed by atoms with Gasteiger partial charge in [0.25, 0.3) is 5.91 Å². The summed E-state index contributed by atoms with van der Waals surface area (Å²) in [6.07, 6.45) is 1.99. The van der Waals surface area contributed by atoms with E-state index in [0.717, 1.165) is 33.5 Å². The van der Waals surface area contributed by atoms with Crippen LogP contribution in [0, 0.1) is 6.92 Å². The van der Waals surface area contributed by atoms with E-state index in [1.807, 2.05) is 59.5 Å². The monoisotopic (exact) mass is 325 g/mol. The Bertz CT molecular complexity index is 942. The summed E-state index contributed by atoms with van der Waals surface area (Å²) in [6.45, 7) is 2.65. The minimum Gasteiger partial charge on any atom is -0.303 e. The van der Waals surface area contributed by atoms with E-state index in [1.54, 1.807) is 0 Å². The lowest BCUT2D eigenvalue weighted by Crippen LogP contribution is -2.25. The first kappa shape index (κ1) is 15.4. The highest BCUT2D eigenvalue weighted by atomic mass is 16.2. The van der Waals surface area contributed by atoms with E-state index < -0.39 is 0 Å². The van der Waals surface area contributed by atoms with Crippen LogP contribution in [-0.2, 0) is 11.3 Å². The molecule has 0 radical (unpaired) electrons. The van der Waals surface area contributed by atoms with Gasteiger partial charge in [-0.2, -0.15) is 0 Å². The fraction of sp³-hybridized carbons (Fsp3) is 0.0870. The van der Waals surface area contributed by atoms with Crippen LogP contribution in [0.3, 0.4) is 0 Å². The van der Waals surface area contributed by atoms with Crippen LogP contribution in [0.2, 0.25) is 0 Å². The minimum atomic E-state index is 0.0632. The molecule has 2 heteroatoms. The second kappa shape index (κ2) is 6.40. The van der Waals surface area contributed by atoms with Crippen LogP contribution in [0.1, 0.15) is 22.3 Å². The predicted molar refractivity (Wildman–Crippen MR) is 103 cm³/mol. The molecule has 0 bridgehead atoms. The van der Waals surface area contributed by atoms with E-state index in [9.17, 15) is 4.79 Å². The lowest BCUT2D eigenvalue weighted by molar-refractivity contribution is -0.113. The van der Waals surface area contributed by atoms with Crippen molar-refractivity contribution in [1.29, 1.82) is 0 Å². The molecule has 0 N–H and O–H groups in total. The van der Waals surface area contributed by atoms with Crippen LogP contribution in [0.25, 0.3) is 11.6 Å². The Morgan fingerprint density at radius 1 is 0.880 bits per heavy atom. The number of nitrogens with zero attached hydrogens (tertiary/aromatic N) is 1. The summed E-state index contributed by atoms with van der Waals surface area (Å²) < 4.78 is 0. The van der Waals surface area contributed by atoms with Crippen molar-refractivity contribution in [3.8, 4) is 0 Å². The van der Waals surface area contributed by atoms with Gasteiger partial charge in [0.1, 0.15) is 0 Å². The van der Waals surface area contributed by atoms with E-state index in [1.165, 1.54) is 0 Å². The second-order valence-corrected chi connectivity index (χ2v) is 6.37. The minimum absolute atomic E-state index is 0.0632. The number of rotatable bonds is 3. The molecule has 0 saturated heterocycles. The van der Waals surface area contributed by atoms with Crippen LogP contribution in [0.5, 0.6) is 0 Å². The van der Waals surface area contributed by atoms with Gasteiger partial charge in [-0.1, -0.05) is 72.3 Å². The van der Waals surface area contributed by atoms with Gasteiger partial charge in [-0.05, 0) is 36.3 Å². The molecule has 25 heavy (non-hydrogen) atoms. The van der Waals surface area contributed by atoms with Gasteiger partial charge in [0.15, 0.2) is 0 Å². The molecular weight excluding hydrogens is 306 g/mol. The molecule has 1 aliphatic heterocycles. The zero-order valence-corrected chi connectivity index (χ0v) is 14.1. The summed E-state index contributed by atoms with van der Waals surface area (Å²) in [5, 5.41) is 0. The summed E-state index contributed by atoms with van der Waals surface area (Å²) in [4.78, 5) is 15.0. The van der Waals surface area contributed by atoms with Crippen LogP contribution in [0.15, 0.2) is 78.9 Å². The molecule has 0 saturated carbocycles. The van der Waals surface area contributed by atoms with Crippen molar-refractivity contribution < 1.29 is 4.79 Å². The molecule has 0 atom stereocenters. The molecule has 1 amide bonds. The Hall–Kier alpha value is -3.13. The van der Waals surface area contributed by atoms with Gasteiger partial charge in [0, 0.05) is 11.1 Å². The normalized spacial score (nSPS) is 14.8. The molecule has 3 aromatic rings. The number of aryl methyl sites for hydroxylation is 1. The van der Waals surface area contributed by atoms with Gasteiger partial charge in [-0.25, -0.2) is 0 Å². The summed E-state index contributed by atoms with van der Waals surface area (Å²) >= 11 is 0. The quantitative estimate of drug-likeness (QED) is 0.615. The first-order valence-electron chi connectivity index (χ1n) is 8.46. The van der Waals surface area contributed by atoms with Crippen molar-refractivity contribution in [3.05, 3.63) is 101 Å². The maximum Gasteiger partial charge on any atom is 0.259 e. The van der Waals surface area contributed by atoms with Gasteiger partial charge in [0.05, 0.1) is 12.2 Å². The molecule has 3 aromatic carbocycles. The molecule has 122 valence electrons. The van der Waals surface area contributed by atoms with E-state index in [2.05, 4.69) is 37.3 Å². The van der Waals surface area contributed by atoms with Gasteiger partial charge < -0.3 is 4.90 Å². The highest BCUT2D eigenvalue weighted by molar-refractivity contribution is 6.35. The molecule has 1 heterocycles. The first-order valence-corrected chi connectivity index (χ1v) is 8.46. The number of benzene rings is 3. The van der Waals surface area contributed by atoms with Gasteiger partial charge in [-0.15, -0.1) is 0 Å². The molecular formula is C23H19NO. The van der Waals surface area contributed by atoms with Crippen LogP contribution in [-0.4, -0.2) is 5.91 Å². The van der Waals surface area contributed by atoms with Crippen molar-refractivity contribution in [2.45, 2.75) is 13.5 Å². The molecule has 0 aromatic heterocycles. The Kier molecular flexibility index (Phi) is 3.95. The SMILES string of the molecule is Cc1ccc2c(c1)/C(=C\c1ccccc1)C(=O)N2Cc1ccccc1. The van der Waals surface area contributed by atoms with Crippen molar-refractivity contribution in [2.24, 2.45) is 0 Å². The number of anilines is 1. The number of carbonyl (C=O) groups excluding carboxylic acids is 1. The largest absolute Gasteiger partial charge is 0.303 e.